The van der Waals surface area contributed by atoms with Crippen LogP contribution in [0.2, 0.25) is 0 Å². The zero-order chi connectivity index (χ0) is 21.2. The molecule has 3 rings (SSSR count). The van der Waals surface area contributed by atoms with E-state index >= 15 is 0 Å². The van der Waals surface area contributed by atoms with Gasteiger partial charge in [0.2, 0.25) is 0 Å². The minimum absolute atomic E-state index is 0.0857. The van der Waals surface area contributed by atoms with E-state index in [-0.39, 0.29) is 11.9 Å². The Morgan fingerprint density at radius 1 is 1.24 bits per heavy atom. The van der Waals surface area contributed by atoms with Crippen molar-refractivity contribution in [3.63, 3.8) is 0 Å². The average Bonchev–Trinajstić information content (AvgIpc) is 3.02. The van der Waals surface area contributed by atoms with Crippen LogP contribution >= 0.6 is 0 Å². The van der Waals surface area contributed by atoms with Gasteiger partial charge in [-0.25, -0.2) is 13.9 Å². The predicted molar refractivity (Wildman–Crippen MR) is 108 cm³/mol. The van der Waals surface area contributed by atoms with Gasteiger partial charge in [-0.05, 0) is 40.2 Å². The largest absolute Gasteiger partial charge is 0.390 e. The highest BCUT2D eigenvalue weighted by Gasteiger charge is 2.18. The number of anilines is 1. The van der Waals surface area contributed by atoms with Gasteiger partial charge in [-0.2, -0.15) is 5.10 Å². The number of imidazole rings is 1. The summed E-state index contributed by atoms with van der Waals surface area (Å²) in [6.45, 7) is 7.66. The number of aromatic nitrogens is 4. The van der Waals surface area contributed by atoms with E-state index in [1.54, 1.807) is 26.1 Å². The standard InChI is InChI=1S/C20H25FN6O2/c1-12(2)26-15-8-16(17-11-24-18-7-13(21)9-25-27(17)18)23-10-14(15)19(28)22-6-5-20(3,4)29/h7-12,29H,5-6H2,1-4H3,(H,22,28)(H,23,26). The maximum Gasteiger partial charge on any atom is 0.254 e. The van der Waals surface area contributed by atoms with Gasteiger partial charge in [0.1, 0.15) is 11.5 Å². The van der Waals surface area contributed by atoms with Crippen molar-refractivity contribution in [2.24, 2.45) is 0 Å². The fraction of sp³-hybridized carbons (Fsp3) is 0.400. The summed E-state index contributed by atoms with van der Waals surface area (Å²) < 4.78 is 14.9. The number of pyridine rings is 1. The number of nitrogens with one attached hydrogen (secondary N) is 2. The van der Waals surface area contributed by atoms with Gasteiger partial charge in [0.25, 0.3) is 5.91 Å². The van der Waals surface area contributed by atoms with E-state index in [1.165, 1.54) is 16.8 Å². The number of amides is 1. The lowest BCUT2D eigenvalue weighted by Crippen LogP contribution is -2.31. The zero-order valence-electron chi connectivity index (χ0n) is 16.9. The molecule has 9 heteroatoms. The summed E-state index contributed by atoms with van der Waals surface area (Å²) in [5.74, 6) is -0.752. The van der Waals surface area contributed by atoms with Gasteiger partial charge in [0.05, 0.1) is 34.9 Å². The molecule has 0 atom stereocenters. The van der Waals surface area contributed by atoms with Gasteiger partial charge in [0, 0.05) is 24.8 Å². The van der Waals surface area contributed by atoms with Crippen molar-refractivity contribution >= 4 is 17.2 Å². The summed E-state index contributed by atoms with van der Waals surface area (Å²) in [5.41, 5.74) is 1.65. The van der Waals surface area contributed by atoms with Gasteiger partial charge in [-0.1, -0.05) is 0 Å². The molecule has 0 aliphatic heterocycles. The summed E-state index contributed by atoms with van der Waals surface area (Å²) in [7, 11) is 0. The number of halogens is 1. The molecule has 3 aromatic heterocycles. The second kappa shape index (κ2) is 8.12. The highest BCUT2D eigenvalue weighted by atomic mass is 19.1. The average molecular weight is 400 g/mol. The van der Waals surface area contributed by atoms with Crippen molar-refractivity contribution in [3.8, 4) is 11.4 Å². The summed E-state index contributed by atoms with van der Waals surface area (Å²) in [4.78, 5) is 21.2. The molecule has 0 aromatic carbocycles. The maximum atomic E-state index is 13.4. The first-order valence-corrected chi connectivity index (χ1v) is 9.41. The van der Waals surface area contributed by atoms with Crippen LogP contribution < -0.4 is 10.6 Å². The topological polar surface area (TPSA) is 104 Å². The smallest absolute Gasteiger partial charge is 0.254 e. The van der Waals surface area contributed by atoms with Crippen molar-refractivity contribution in [2.45, 2.75) is 45.8 Å². The molecule has 8 nitrogen and oxygen atoms in total. The Morgan fingerprint density at radius 2 is 2.00 bits per heavy atom. The summed E-state index contributed by atoms with van der Waals surface area (Å²) in [5, 5.41) is 19.9. The molecule has 0 fully saturated rings. The van der Waals surface area contributed by atoms with E-state index < -0.39 is 11.4 Å². The third kappa shape index (κ3) is 5.05. The first kappa shape index (κ1) is 20.7. The van der Waals surface area contributed by atoms with Crippen molar-refractivity contribution in [1.29, 1.82) is 0 Å². The fourth-order valence-corrected chi connectivity index (χ4v) is 2.81. The molecule has 3 heterocycles. The number of carbonyl (C=O) groups excluding carboxylic acids is 1. The highest BCUT2D eigenvalue weighted by Crippen LogP contribution is 2.25. The molecule has 3 N–H and O–H groups in total. The molecule has 0 saturated heterocycles. The van der Waals surface area contributed by atoms with E-state index in [0.29, 0.717) is 41.3 Å². The van der Waals surface area contributed by atoms with E-state index in [1.807, 2.05) is 13.8 Å². The normalized spacial score (nSPS) is 11.8. The highest BCUT2D eigenvalue weighted by molar-refractivity contribution is 5.99. The minimum Gasteiger partial charge on any atom is -0.390 e. The van der Waals surface area contributed by atoms with Crippen molar-refractivity contribution in [1.82, 2.24) is 24.9 Å². The third-order valence-corrected chi connectivity index (χ3v) is 4.21. The van der Waals surface area contributed by atoms with E-state index in [0.717, 1.165) is 6.20 Å². The molecule has 1 amide bonds. The van der Waals surface area contributed by atoms with Gasteiger partial charge in [-0.15, -0.1) is 0 Å². The SMILES string of the molecule is CC(C)Nc1cc(-c2cnc3cc(F)cnn23)ncc1C(=O)NCCC(C)(C)O. The van der Waals surface area contributed by atoms with Gasteiger partial charge in [0.15, 0.2) is 5.65 Å². The number of rotatable bonds is 7. The summed E-state index contributed by atoms with van der Waals surface area (Å²) >= 11 is 0. The number of carbonyl (C=O) groups is 1. The molecule has 29 heavy (non-hydrogen) atoms. The number of hydrogen-bond acceptors (Lipinski definition) is 6. The molecular weight excluding hydrogens is 375 g/mol. The van der Waals surface area contributed by atoms with Gasteiger partial charge >= 0.3 is 0 Å². The first-order chi connectivity index (χ1) is 13.6. The Morgan fingerprint density at radius 3 is 2.69 bits per heavy atom. The van der Waals surface area contributed by atoms with Gasteiger partial charge < -0.3 is 15.7 Å². The lowest BCUT2D eigenvalue weighted by molar-refractivity contribution is 0.0693. The Balaban J connectivity index is 1.92. The van der Waals surface area contributed by atoms with Crippen LogP contribution in [0.25, 0.3) is 17.0 Å². The Kier molecular flexibility index (Phi) is 5.78. The van der Waals surface area contributed by atoms with Crippen LogP contribution in [0.1, 0.15) is 44.5 Å². The van der Waals surface area contributed by atoms with Crippen molar-refractivity contribution in [2.75, 3.05) is 11.9 Å². The van der Waals surface area contributed by atoms with E-state index in [9.17, 15) is 14.3 Å². The Hall–Kier alpha value is -3.07. The molecule has 0 aliphatic carbocycles. The maximum absolute atomic E-state index is 13.4. The van der Waals surface area contributed by atoms with Crippen LogP contribution in [0.15, 0.2) is 30.7 Å². The van der Waals surface area contributed by atoms with Crippen LogP contribution in [0.5, 0.6) is 0 Å². The van der Waals surface area contributed by atoms with Gasteiger partial charge in [-0.3, -0.25) is 9.78 Å². The number of hydrogen-bond donors (Lipinski definition) is 3. The molecule has 0 spiro atoms. The molecular formula is C20H25FN6O2. The first-order valence-electron chi connectivity index (χ1n) is 9.41. The fourth-order valence-electron chi connectivity index (χ4n) is 2.81. The third-order valence-electron chi connectivity index (χ3n) is 4.21. The molecule has 154 valence electrons. The van der Waals surface area contributed by atoms with Crippen LogP contribution in [0, 0.1) is 5.82 Å². The molecule has 0 radical (unpaired) electrons. The van der Waals surface area contributed by atoms with Crippen LogP contribution in [0.4, 0.5) is 10.1 Å². The Labute approximate surface area is 168 Å². The van der Waals surface area contributed by atoms with Crippen molar-refractivity contribution in [3.05, 3.63) is 42.1 Å². The predicted octanol–water partition coefficient (Wildman–Crippen LogP) is 2.64. The minimum atomic E-state index is -0.857. The molecule has 0 aliphatic rings. The summed E-state index contributed by atoms with van der Waals surface area (Å²) in [6, 6.07) is 3.12. The van der Waals surface area contributed by atoms with Crippen molar-refractivity contribution < 1.29 is 14.3 Å². The summed E-state index contributed by atoms with van der Waals surface area (Å²) in [6.07, 6.45) is 4.59. The lowest BCUT2D eigenvalue weighted by Gasteiger charge is -2.18. The Bertz CT molecular complexity index is 1030. The second-order valence-corrected chi connectivity index (χ2v) is 7.82. The molecule has 0 saturated carbocycles. The van der Waals surface area contributed by atoms with Crippen LogP contribution in [0.3, 0.4) is 0 Å². The lowest BCUT2D eigenvalue weighted by atomic mass is 10.1. The molecule has 0 unspecified atom stereocenters. The second-order valence-electron chi connectivity index (χ2n) is 7.82. The van der Waals surface area contributed by atoms with E-state index in [4.69, 9.17) is 0 Å². The van der Waals surface area contributed by atoms with Crippen LogP contribution in [-0.2, 0) is 0 Å². The molecule has 0 bridgehead atoms. The number of nitrogens with zero attached hydrogens (tertiary/aromatic N) is 4. The zero-order valence-corrected chi connectivity index (χ0v) is 16.9. The molecule has 3 aromatic rings. The number of aliphatic hydroxyl groups is 1. The van der Waals surface area contributed by atoms with Crippen LogP contribution in [-0.4, -0.2) is 48.8 Å². The van der Waals surface area contributed by atoms with E-state index in [2.05, 4.69) is 25.7 Å². The number of fused-ring (bicyclic) bond motifs is 1. The quantitative estimate of drug-likeness (QED) is 0.563. The monoisotopic (exact) mass is 400 g/mol.